The van der Waals surface area contributed by atoms with Gasteiger partial charge in [-0.25, -0.2) is 9.97 Å². The van der Waals surface area contributed by atoms with E-state index in [1.54, 1.807) is 18.3 Å². The predicted molar refractivity (Wildman–Crippen MR) is 83.2 cm³/mol. The molecule has 1 atom stereocenters. The fraction of sp³-hybridized carbons (Fsp3) is 0.143. The lowest BCUT2D eigenvalue weighted by Gasteiger charge is -2.11. The molecular formula is C14H10Cl3N3. The van der Waals surface area contributed by atoms with E-state index in [2.05, 4.69) is 9.97 Å². The lowest BCUT2D eigenvalue weighted by Crippen LogP contribution is -2.03. The van der Waals surface area contributed by atoms with Gasteiger partial charge in [-0.15, -0.1) is 11.6 Å². The summed E-state index contributed by atoms with van der Waals surface area (Å²) in [6.45, 7) is 1.86. The van der Waals surface area contributed by atoms with Crippen LogP contribution in [0.15, 0.2) is 36.5 Å². The minimum absolute atomic E-state index is 0.268. The van der Waals surface area contributed by atoms with Gasteiger partial charge in [-0.2, -0.15) is 0 Å². The van der Waals surface area contributed by atoms with Gasteiger partial charge in [-0.3, -0.25) is 4.57 Å². The van der Waals surface area contributed by atoms with Crippen LogP contribution in [0.2, 0.25) is 10.0 Å². The van der Waals surface area contributed by atoms with Crippen molar-refractivity contribution in [3.05, 3.63) is 52.4 Å². The van der Waals surface area contributed by atoms with Crippen LogP contribution >= 0.6 is 34.8 Å². The molecule has 0 N–H and O–H groups in total. The third-order valence-corrected chi connectivity index (χ3v) is 3.68. The molecule has 0 fully saturated rings. The van der Waals surface area contributed by atoms with Crippen molar-refractivity contribution in [2.75, 3.05) is 0 Å². The number of benzene rings is 1. The topological polar surface area (TPSA) is 30.7 Å². The maximum absolute atomic E-state index is 6.29. The third-order valence-electron chi connectivity index (χ3n) is 2.95. The van der Waals surface area contributed by atoms with Crippen molar-refractivity contribution in [1.82, 2.24) is 14.5 Å². The van der Waals surface area contributed by atoms with E-state index in [0.717, 1.165) is 16.9 Å². The molecule has 0 radical (unpaired) electrons. The van der Waals surface area contributed by atoms with Gasteiger partial charge in [0.2, 0.25) is 0 Å². The number of hydrogen-bond donors (Lipinski definition) is 0. The fourth-order valence-electron chi connectivity index (χ4n) is 2.10. The summed E-state index contributed by atoms with van der Waals surface area (Å²) in [6.07, 6.45) is 1.72. The molecule has 0 aliphatic carbocycles. The van der Waals surface area contributed by atoms with Gasteiger partial charge in [0.1, 0.15) is 11.3 Å². The van der Waals surface area contributed by atoms with Gasteiger partial charge in [0.05, 0.1) is 16.1 Å². The first kappa shape index (κ1) is 13.7. The zero-order chi connectivity index (χ0) is 14.3. The minimum Gasteiger partial charge on any atom is -0.278 e. The van der Waals surface area contributed by atoms with E-state index in [1.165, 1.54) is 0 Å². The number of hydrogen-bond acceptors (Lipinski definition) is 2. The van der Waals surface area contributed by atoms with Gasteiger partial charge in [0.25, 0.3) is 0 Å². The third kappa shape index (κ3) is 2.26. The van der Waals surface area contributed by atoms with Crippen molar-refractivity contribution in [3.63, 3.8) is 0 Å². The summed E-state index contributed by atoms with van der Waals surface area (Å²) in [7, 11) is 0. The van der Waals surface area contributed by atoms with Crippen molar-refractivity contribution in [3.8, 4) is 5.69 Å². The van der Waals surface area contributed by atoms with Gasteiger partial charge in [0, 0.05) is 11.2 Å². The number of aromatic nitrogens is 3. The van der Waals surface area contributed by atoms with E-state index < -0.39 is 0 Å². The molecule has 3 nitrogen and oxygen atoms in total. The van der Waals surface area contributed by atoms with Gasteiger partial charge < -0.3 is 0 Å². The Hall–Kier alpha value is -1.29. The Kier molecular flexibility index (Phi) is 3.59. The van der Waals surface area contributed by atoms with Gasteiger partial charge in [-0.1, -0.05) is 23.2 Å². The van der Waals surface area contributed by atoms with Crippen molar-refractivity contribution in [2.24, 2.45) is 0 Å². The molecule has 0 bridgehead atoms. The van der Waals surface area contributed by atoms with Crippen molar-refractivity contribution >= 4 is 46.0 Å². The smallest absolute Gasteiger partial charge is 0.164 e. The molecule has 0 aliphatic heterocycles. The van der Waals surface area contributed by atoms with Crippen LogP contribution in [0.3, 0.4) is 0 Å². The van der Waals surface area contributed by atoms with Crippen LogP contribution in [-0.2, 0) is 0 Å². The number of imidazole rings is 1. The number of nitrogens with zero attached hydrogens (tertiary/aromatic N) is 3. The van der Waals surface area contributed by atoms with E-state index in [1.807, 2.05) is 29.7 Å². The molecule has 1 aromatic carbocycles. The molecule has 2 aromatic heterocycles. The molecule has 102 valence electrons. The minimum atomic E-state index is -0.268. The highest BCUT2D eigenvalue weighted by Gasteiger charge is 2.18. The maximum atomic E-state index is 6.29. The van der Waals surface area contributed by atoms with Crippen LogP contribution < -0.4 is 0 Å². The molecule has 3 aromatic rings. The average Bonchev–Trinajstić information content (AvgIpc) is 2.78. The second-order valence-electron chi connectivity index (χ2n) is 4.36. The number of pyridine rings is 1. The molecule has 20 heavy (non-hydrogen) atoms. The first-order valence-corrected chi connectivity index (χ1v) is 7.20. The van der Waals surface area contributed by atoms with E-state index in [-0.39, 0.29) is 5.38 Å². The average molecular weight is 327 g/mol. The summed E-state index contributed by atoms with van der Waals surface area (Å²) >= 11 is 18.5. The molecule has 3 rings (SSSR count). The summed E-state index contributed by atoms with van der Waals surface area (Å²) in [5, 5.41) is 0.841. The quantitative estimate of drug-likeness (QED) is 0.619. The maximum Gasteiger partial charge on any atom is 0.164 e. The van der Waals surface area contributed by atoms with Crippen LogP contribution in [-0.4, -0.2) is 14.5 Å². The van der Waals surface area contributed by atoms with Crippen LogP contribution in [0.4, 0.5) is 0 Å². The van der Waals surface area contributed by atoms with E-state index >= 15 is 0 Å². The normalized spacial score (nSPS) is 12.8. The molecule has 2 heterocycles. The Labute approximate surface area is 131 Å². The summed E-state index contributed by atoms with van der Waals surface area (Å²) in [5.74, 6) is 0.699. The summed E-state index contributed by atoms with van der Waals surface area (Å²) in [4.78, 5) is 8.90. The summed E-state index contributed by atoms with van der Waals surface area (Å²) < 4.78 is 1.87. The van der Waals surface area contributed by atoms with Crippen LogP contribution in [0.25, 0.3) is 16.9 Å². The largest absolute Gasteiger partial charge is 0.278 e. The van der Waals surface area contributed by atoms with E-state index in [9.17, 15) is 0 Å². The molecule has 0 aliphatic rings. The number of halogens is 3. The Morgan fingerprint density at radius 2 is 2.00 bits per heavy atom. The standard InChI is InChI=1S/C14H10Cl3N3/c1-8(15)13-19-11-3-2-6-18-14(11)20(13)12-5-4-9(16)7-10(12)17/h2-8H,1H3. The first-order valence-electron chi connectivity index (χ1n) is 6.01. The molecule has 1 unspecified atom stereocenters. The van der Waals surface area contributed by atoms with E-state index in [4.69, 9.17) is 34.8 Å². The van der Waals surface area contributed by atoms with Crippen molar-refractivity contribution in [1.29, 1.82) is 0 Å². The first-order chi connectivity index (χ1) is 9.58. The molecule has 0 saturated carbocycles. The van der Waals surface area contributed by atoms with Crippen molar-refractivity contribution < 1.29 is 0 Å². The number of fused-ring (bicyclic) bond motifs is 1. The Bertz CT molecular complexity index is 780. The summed E-state index contributed by atoms with van der Waals surface area (Å²) in [5.41, 5.74) is 2.26. The highest BCUT2D eigenvalue weighted by atomic mass is 35.5. The lowest BCUT2D eigenvalue weighted by atomic mass is 10.3. The second-order valence-corrected chi connectivity index (χ2v) is 5.86. The Morgan fingerprint density at radius 3 is 2.70 bits per heavy atom. The zero-order valence-corrected chi connectivity index (χ0v) is 12.8. The molecule has 0 saturated heterocycles. The zero-order valence-electron chi connectivity index (χ0n) is 10.5. The number of rotatable bonds is 2. The van der Waals surface area contributed by atoms with Crippen LogP contribution in [0, 0.1) is 0 Å². The molecular weight excluding hydrogens is 317 g/mol. The van der Waals surface area contributed by atoms with Gasteiger partial charge in [0.15, 0.2) is 5.65 Å². The fourth-order valence-corrected chi connectivity index (χ4v) is 2.74. The highest BCUT2D eigenvalue weighted by molar-refractivity contribution is 6.35. The Balaban J connectivity index is 2.36. The monoisotopic (exact) mass is 325 g/mol. The predicted octanol–water partition coefficient (Wildman–Crippen LogP) is 5.03. The van der Waals surface area contributed by atoms with E-state index in [0.29, 0.717) is 15.9 Å². The number of alkyl halides is 1. The van der Waals surface area contributed by atoms with Crippen LogP contribution in [0.5, 0.6) is 0 Å². The van der Waals surface area contributed by atoms with Gasteiger partial charge >= 0.3 is 0 Å². The SMILES string of the molecule is CC(Cl)c1nc2cccnc2n1-c1ccc(Cl)cc1Cl. The Morgan fingerprint density at radius 1 is 1.20 bits per heavy atom. The highest BCUT2D eigenvalue weighted by Crippen LogP contribution is 2.31. The molecule has 6 heteroatoms. The molecule has 0 spiro atoms. The van der Waals surface area contributed by atoms with Crippen molar-refractivity contribution in [2.45, 2.75) is 12.3 Å². The second kappa shape index (κ2) is 5.24. The summed E-state index contributed by atoms with van der Waals surface area (Å²) in [6, 6.07) is 9.04. The van der Waals surface area contributed by atoms with Crippen LogP contribution in [0.1, 0.15) is 18.1 Å². The molecule has 0 amide bonds. The lowest BCUT2D eigenvalue weighted by molar-refractivity contribution is 0.877. The van der Waals surface area contributed by atoms with Gasteiger partial charge in [-0.05, 0) is 37.3 Å².